The average Bonchev–Trinajstić information content (AvgIpc) is 3.30. The lowest BCUT2D eigenvalue weighted by Gasteiger charge is -2.34. The molecule has 2 N–H and O–H groups in total. The number of aromatic nitrogens is 5. The number of rotatable bonds is 9. The smallest absolute Gasteiger partial charge is 0.252 e. The lowest BCUT2D eigenvalue weighted by atomic mass is 9.94. The summed E-state index contributed by atoms with van der Waals surface area (Å²) in [6.07, 6.45) is 6.50. The summed E-state index contributed by atoms with van der Waals surface area (Å²) in [5.41, 5.74) is 3.76. The van der Waals surface area contributed by atoms with E-state index in [1.54, 1.807) is 0 Å². The quantitative estimate of drug-likeness (QED) is 0.490. The van der Waals surface area contributed by atoms with Crippen LogP contribution in [-0.2, 0) is 6.54 Å². The summed E-state index contributed by atoms with van der Waals surface area (Å²) < 4.78 is 2.04. The number of nitrogens with one attached hydrogen (secondary N) is 1. The minimum absolute atomic E-state index is 0.0582. The summed E-state index contributed by atoms with van der Waals surface area (Å²) in [4.78, 5) is 18.5. The Balaban J connectivity index is 1.72. The number of tetrazole rings is 1. The molecule has 1 aliphatic rings. The highest BCUT2D eigenvalue weighted by atomic mass is 16.3. The van der Waals surface area contributed by atoms with Crippen molar-refractivity contribution in [3.63, 3.8) is 0 Å². The third-order valence-corrected chi connectivity index (χ3v) is 7.23. The second-order valence-corrected chi connectivity index (χ2v) is 10.1. The van der Waals surface area contributed by atoms with Gasteiger partial charge in [-0.15, -0.1) is 5.10 Å². The molecule has 1 saturated carbocycles. The second kappa shape index (κ2) is 10.8. The van der Waals surface area contributed by atoms with E-state index in [-0.39, 0.29) is 24.1 Å². The molecule has 2 heterocycles. The van der Waals surface area contributed by atoms with Crippen molar-refractivity contribution in [2.45, 2.75) is 84.8 Å². The normalized spacial score (nSPS) is 16.1. The van der Waals surface area contributed by atoms with E-state index in [9.17, 15) is 9.90 Å². The predicted molar refractivity (Wildman–Crippen MR) is 134 cm³/mol. The van der Waals surface area contributed by atoms with E-state index in [2.05, 4.69) is 52.2 Å². The number of aliphatic hydroxyl groups is 1. The zero-order valence-electron chi connectivity index (χ0n) is 20.9. The molecule has 1 fully saturated rings. The van der Waals surface area contributed by atoms with Gasteiger partial charge in [0.05, 0.1) is 17.6 Å². The van der Waals surface area contributed by atoms with Crippen LogP contribution in [0.5, 0.6) is 0 Å². The molecule has 1 unspecified atom stereocenters. The summed E-state index contributed by atoms with van der Waals surface area (Å²) in [6, 6.07) is 6.44. The lowest BCUT2D eigenvalue weighted by Crippen LogP contribution is -2.37. The minimum Gasteiger partial charge on any atom is -0.396 e. The van der Waals surface area contributed by atoms with Gasteiger partial charge in [-0.05, 0) is 66.6 Å². The van der Waals surface area contributed by atoms with E-state index in [0.29, 0.717) is 25.6 Å². The number of fused-ring (bicyclic) bond motifs is 1. The molecule has 1 aliphatic carbocycles. The Morgan fingerprint density at radius 1 is 1.18 bits per heavy atom. The average molecular weight is 467 g/mol. The molecule has 0 amide bonds. The molecule has 0 saturated heterocycles. The molecule has 2 aromatic heterocycles. The maximum absolute atomic E-state index is 13.1. The number of aromatic amines is 1. The Morgan fingerprint density at radius 3 is 2.62 bits per heavy atom. The highest BCUT2D eigenvalue weighted by Crippen LogP contribution is 2.34. The first kappa shape index (κ1) is 24.5. The topological polar surface area (TPSA) is 99.9 Å². The number of nitrogens with zero attached hydrogens (tertiary/aromatic N) is 5. The summed E-state index contributed by atoms with van der Waals surface area (Å²) in [7, 11) is 0. The molecule has 0 radical (unpaired) electrons. The molecular formula is C26H38N6O2. The van der Waals surface area contributed by atoms with Crippen molar-refractivity contribution in [1.29, 1.82) is 0 Å². The van der Waals surface area contributed by atoms with E-state index < -0.39 is 0 Å². The van der Waals surface area contributed by atoms with Crippen LogP contribution in [0.1, 0.15) is 87.0 Å². The molecule has 1 atom stereocenters. The molecule has 3 aromatic rings. The maximum atomic E-state index is 13.1. The third-order valence-electron chi connectivity index (χ3n) is 7.23. The number of aliphatic hydroxyl groups excluding tert-OH is 1. The van der Waals surface area contributed by atoms with Crippen molar-refractivity contribution >= 4 is 10.9 Å². The van der Waals surface area contributed by atoms with Gasteiger partial charge in [0.25, 0.3) is 5.56 Å². The Morgan fingerprint density at radius 2 is 1.91 bits per heavy atom. The van der Waals surface area contributed by atoms with Gasteiger partial charge < -0.3 is 10.1 Å². The van der Waals surface area contributed by atoms with E-state index in [4.69, 9.17) is 0 Å². The van der Waals surface area contributed by atoms with Crippen molar-refractivity contribution in [2.24, 2.45) is 5.92 Å². The molecule has 8 heteroatoms. The predicted octanol–water partition coefficient (Wildman–Crippen LogP) is 4.22. The molecule has 0 bridgehead atoms. The first-order valence-corrected chi connectivity index (χ1v) is 12.7. The fourth-order valence-electron chi connectivity index (χ4n) is 5.41. The van der Waals surface area contributed by atoms with Crippen molar-refractivity contribution in [3.8, 4) is 0 Å². The van der Waals surface area contributed by atoms with Crippen molar-refractivity contribution in [2.75, 3.05) is 13.2 Å². The van der Waals surface area contributed by atoms with Gasteiger partial charge in [0, 0.05) is 30.6 Å². The Labute approximate surface area is 201 Å². The van der Waals surface area contributed by atoms with Crippen molar-refractivity contribution in [3.05, 3.63) is 51.1 Å². The first-order valence-electron chi connectivity index (χ1n) is 12.7. The zero-order chi connectivity index (χ0) is 24.2. The number of H-pyrrole nitrogens is 1. The van der Waals surface area contributed by atoms with Gasteiger partial charge in [-0.25, -0.2) is 4.68 Å². The summed E-state index contributed by atoms with van der Waals surface area (Å²) >= 11 is 0. The van der Waals surface area contributed by atoms with Gasteiger partial charge in [-0.3, -0.25) is 9.69 Å². The highest BCUT2D eigenvalue weighted by Gasteiger charge is 2.32. The van der Waals surface area contributed by atoms with Crippen molar-refractivity contribution < 1.29 is 5.11 Å². The number of pyridine rings is 1. The maximum Gasteiger partial charge on any atom is 0.252 e. The van der Waals surface area contributed by atoms with E-state index in [1.807, 2.05) is 23.7 Å². The molecule has 0 aliphatic heterocycles. The van der Waals surface area contributed by atoms with Crippen molar-refractivity contribution in [1.82, 2.24) is 30.1 Å². The summed E-state index contributed by atoms with van der Waals surface area (Å²) in [5, 5.41) is 23.7. The highest BCUT2D eigenvalue weighted by molar-refractivity contribution is 5.85. The van der Waals surface area contributed by atoms with Gasteiger partial charge in [-0.1, -0.05) is 45.2 Å². The first-order chi connectivity index (χ1) is 16.4. The fourth-order valence-corrected chi connectivity index (χ4v) is 5.41. The molecule has 8 nitrogen and oxygen atoms in total. The Hall–Kier alpha value is -2.58. The fraction of sp³-hybridized carbons (Fsp3) is 0.615. The van der Waals surface area contributed by atoms with Gasteiger partial charge in [0.2, 0.25) is 0 Å². The number of benzene rings is 1. The van der Waals surface area contributed by atoms with Gasteiger partial charge in [0.15, 0.2) is 5.82 Å². The lowest BCUT2D eigenvalue weighted by molar-refractivity contribution is 0.118. The van der Waals surface area contributed by atoms with Crippen LogP contribution in [0.4, 0.5) is 0 Å². The van der Waals surface area contributed by atoms with Crippen LogP contribution in [0.2, 0.25) is 0 Å². The van der Waals surface area contributed by atoms with Crippen LogP contribution < -0.4 is 5.56 Å². The Kier molecular flexibility index (Phi) is 7.78. The molecular weight excluding hydrogens is 428 g/mol. The van der Waals surface area contributed by atoms with E-state index >= 15 is 0 Å². The van der Waals surface area contributed by atoms with Gasteiger partial charge in [0.1, 0.15) is 0 Å². The van der Waals surface area contributed by atoms with Gasteiger partial charge >= 0.3 is 0 Å². The molecule has 184 valence electrons. The van der Waals surface area contributed by atoms with Crippen LogP contribution in [0.15, 0.2) is 23.0 Å². The SMILES string of the molecule is Cc1ccc(C)c2[nH]c(=O)c(CN(CCCO)C(c3nnnn3C3CCCCC3)C(C)C)cc12. The largest absolute Gasteiger partial charge is 0.396 e. The third kappa shape index (κ3) is 5.08. The molecule has 0 spiro atoms. The van der Waals surface area contributed by atoms with Gasteiger partial charge in [-0.2, -0.15) is 0 Å². The molecule has 4 rings (SSSR count). The van der Waals surface area contributed by atoms with Crippen LogP contribution >= 0.6 is 0 Å². The van der Waals surface area contributed by atoms with Crippen LogP contribution in [0, 0.1) is 19.8 Å². The number of aryl methyl sites for hydroxylation is 2. The van der Waals surface area contributed by atoms with E-state index in [1.165, 1.54) is 19.3 Å². The van der Waals surface area contributed by atoms with Crippen LogP contribution in [0.25, 0.3) is 10.9 Å². The molecule has 1 aromatic carbocycles. The minimum atomic E-state index is -0.0652. The second-order valence-electron chi connectivity index (χ2n) is 10.1. The van der Waals surface area contributed by atoms with E-state index in [0.717, 1.165) is 46.3 Å². The van der Waals surface area contributed by atoms with Crippen LogP contribution in [0.3, 0.4) is 0 Å². The summed E-state index contributed by atoms with van der Waals surface area (Å²) in [5.74, 6) is 1.10. The summed E-state index contributed by atoms with van der Waals surface area (Å²) in [6.45, 7) is 9.66. The monoisotopic (exact) mass is 466 g/mol. The zero-order valence-corrected chi connectivity index (χ0v) is 20.9. The molecule has 34 heavy (non-hydrogen) atoms. The number of hydrogen-bond acceptors (Lipinski definition) is 6. The van der Waals surface area contributed by atoms with Crippen LogP contribution in [-0.4, -0.2) is 48.3 Å². The number of hydrogen-bond donors (Lipinski definition) is 2. The Bertz CT molecular complexity index is 1160. The standard InChI is InChI=1S/C26H38N6O2/c1-17(2)24(25-28-29-30-32(25)21-9-6-5-7-10-21)31(13-8-14-33)16-20-15-22-18(3)11-12-19(4)23(22)27-26(20)34/h11-12,15,17,21,24,33H,5-10,13-14,16H2,1-4H3,(H,27,34).